The van der Waals surface area contributed by atoms with Gasteiger partial charge in [0.15, 0.2) is 11.5 Å². The summed E-state index contributed by atoms with van der Waals surface area (Å²) < 4.78 is 10.9. The number of benzene rings is 2. The predicted octanol–water partition coefficient (Wildman–Crippen LogP) is 6.39. The molecule has 0 radical (unpaired) electrons. The molecule has 1 atom stereocenters. The van der Waals surface area contributed by atoms with Crippen LogP contribution in [0.3, 0.4) is 0 Å². The Morgan fingerprint density at radius 3 is 2.61 bits per heavy atom. The molecule has 0 saturated heterocycles. The second kappa shape index (κ2) is 9.72. The standard InChI is InChI=1S/C26H24N4O2S/c1-16(24-10-11-25(33-24)19-9-5-7-18(13-19)8-6-12-27)28-26-20-14-22(31-3)23(32-4)15-21(20)29-17(2)30-26/h5-11,13-16H,1-4H3,(H,28,29,30)/b8-6+/t16-/m0/s1. The average molecular weight is 457 g/mol. The third-order valence-corrected chi connectivity index (χ3v) is 6.56. The normalized spacial score (nSPS) is 12.0. The number of nitrogens with zero attached hydrogens (tertiary/aromatic N) is 3. The van der Waals surface area contributed by atoms with Gasteiger partial charge in [0, 0.05) is 27.3 Å². The molecule has 2 heterocycles. The number of rotatable bonds is 7. The van der Waals surface area contributed by atoms with Crippen molar-refractivity contribution < 1.29 is 9.47 Å². The van der Waals surface area contributed by atoms with E-state index in [4.69, 9.17) is 14.7 Å². The Hall–Kier alpha value is -3.89. The lowest BCUT2D eigenvalue weighted by atomic mass is 10.1. The van der Waals surface area contributed by atoms with Gasteiger partial charge in [-0.05, 0) is 55.3 Å². The number of fused-ring (bicyclic) bond motifs is 1. The Morgan fingerprint density at radius 2 is 1.85 bits per heavy atom. The summed E-state index contributed by atoms with van der Waals surface area (Å²) in [7, 11) is 3.23. The van der Waals surface area contributed by atoms with Crippen LogP contribution in [0, 0.1) is 18.3 Å². The number of aryl methyl sites for hydroxylation is 1. The monoisotopic (exact) mass is 456 g/mol. The number of thiophene rings is 1. The van der Waals surface area contributed by atoms with Gasteiger partial charge in [0.1, 0.15) is 11.6 Å². The minimum Gasteiger partial charge on any atom is -0.493 e. The number of nitrogens with one attached hydrogen (secondary N) is 1. The zero-order valence-electron chi connectivity index (χ0n) is 18.9. The second-order valence-electron chi connectivity index (χ2n) is 7.50. The van der Waals surface area contributed by atoms with Gasteiger partial charge in [0.2, 0.25) is 0 Å². The maximum atomic E-state index is 8.77. The topological polar surface area (TPSA) is 80.1 Å². The van der Waals surface area contributed by atoms with Gasteiger partial charge in [-0.15, -0.1) is 11.3 Å². The minimum absolute atomic E-state index is 0.0380. The van der Waals surface area contributed by atoms with E-state index >= 15 is 0 Å². The van der Waals surface area contributed by atoms with Crippen LogP contribution >= 0.6 is 11.3 Å². The van der Waals surface area contributed by atoms with Crippen LogP contribution < -0.4 is 14.8 Å². The van der Waals surface area contributed by atoms with Crippen LogP contribution in [0.25, 0.3) is 27.4 Å². The Kier molecular flexibility index (Phi) is 6.57. The summed E-state index contributed by atoms with van der Waals surface area (Å²) in [6.07, 6.45) is 3.30. The van der Waals surface area contributed by atoms with Crippen LogP contribution in [0.5, 0.6) is 11.5 Å². The van der Waals surface area contributed by atoms with Gasteiger partial charge in [-0.3, -0.25) is 0 Å². The number of hydrogen-bond acceptors (Lipinski definition) is 7. The van der Waals surface area contributed by atoms with Gasteiger partial charge in [-0.1, -0.05) is 18.2 Å². The molecule has 0 aliphatic rings. The summed E-state index contributed by atoms with van der Waals surface area (Å²) in [5.74, 6) is 2.71. The van der Waals surface area contributed by atoms with Crippen molar-refractivity contribution in [2.45, 2.75) is 19.9 Å². The number of aromatic nitrogens is 2. The van der Waals surface area contributed by atoms with Gasteiger partial charge in [0.05, 0.1) is 31.8 Å². The molecule has 0 aliphatic carbocycles. The summed E-state index contributed by atoms with van der Waals surface area (Å²) in [6, 6.07) is 18.3. The van der Waals surface area contributed by atoms with Crippen molar-refractivity contribution >= 4 is 34.1 Å². The van der Waals surface area contributed by atoms with Crippen molar-refractivity contribution in [3.63, 3.8) is 0 Å². The quantitative estimate of drug-likeness (QED) is 0.324. The summed E-state index contributed by atoms with van der Waals surface area (Å²) in [4.78, 5) is 11.6. The fourth-order valence-corrected chi connectivity index (χ4v) is 4.63. The molecule has 1 N–H and O–H groups in total. The molecule has 6 nitrogen and oxygen atoms in total. The smallest absolute Gasteiger partial charge is 0.162 e. The highest BCUT2D eigenvalue weighted by molar-refractivity contribution is 7.15. The molecule has 0 bridgehead atoms. The van der Waals surface area contributed by atoms with E-state index in [0.29, 0.717) is 17.3 Å². The summed E-state index contributed by atoms with van der Waals surface area (Å²) in [6.45, 7) is 3.99. The van der Waals surface area contributed by atoms with Crippen LogP contribution in [0.15, 0.2) is 54.6 Å². The lowest BCUT2D eigenvalue weighted by molar-refractivity contribution is 0.356. The number of nitriles is 1. The van der Waals surface area contributed by atoms with Gasteiger partial charge >= 0.3 is 0 Å². The fraction of sp³-hybridized carbons (Fsp3) is 0.192. The minimum atomic E-state index is 0.0380. The molecule has 0 saturated carbocycles. The number of anilines is 1. The first kappa shape index (κ1) is 22.3. The molecular formula is C26H24N4O2S. The number of hydrogen-bond donors (Lipinski definition) is 1. The van der Waals surface area contributed by atoms with E-state index in [-0.39, 0.29) is 6.04 Å². The Labute approximate surface area is 197 Å². The molecule has 0 spiro atoms. The third-order valence-electron chi connectivity index (χ3n) is 5.24. The molecule has 4 aromatic rings. The Balaban J connectivity index is 1.63. The zero-order valence-corrected chi connectivity index (χ0v) is 19.7. The number of methoxy groups -OCH3 is 2. The van der Waals surface area contributed by atoms with E-state index in [1.54, 1.807) is 25.6 Å². The highest BCUT2D eigenvalue weighted by Gasteiger charge is 2.16. The summed E-state index contributed by atoms with van der Waals surface area (Å²) >= 11 is 1.73. The van der Waals surface area contributed by atoms with E-state index in [2.05, 4.69) is 46.5 Å². The molecule has 0 fully saturated rings. The summed E-state index contributed by atoms with van der Waals surface area (Å²) in [5, 5.41) is 13.2. The van der Waals surface area contributed by atoms with Crippen LogP contribution in [-0.4, -0.2) is 24.2 Å². The maximum Gasteiger partial charge on any atom is 0.162 e. The van der Waals surface area contributed by atoms with Crippen molar-refractivity contribution in [3.8, 4) is 28.0 Å². The SMILES string of the molecule is COc1cc2nc(C)nc(N[C@@H](C)c3ccc(-c4cccc(/C=C/C#N)c4)s3)c2cc1OC. The van der Waals surface area contributed by atoms with Crippen LogP contribution in [-0.2, 0) is 0 Å². The lowest BCUT2D eigenvalue weighted by Crippen LogP contribution is -2.08. The van der Waals surface area contributed by atoms with Gasteiger partial charge in [0.25, 0.3) is 0 Å². The highest BCUT2D eigenvalue weighted by atomic mass is 32.1. The molecule has 2 aromatic heterocycles. The van der Waals surface area contributed by atoms with Crippen molar-refractivity contribution in [1.29, 1.82) is 5.26 Å². The fourth-order valence-electron chi connectivity index (χ4n) is 3.63. The highest BCUT2D eigenvalue weighted by Crippen LogP contribution is 2.37. The molecule has 7 heteroatoms. The van der Waals surface area contributed by atoms with E-state index in [1.165, 1.54) is 15.8 Å². The van der Waals surface area contributed by atoms with E-state index < -0.39 is 0 Å². The van der Waals surface area contributed by atoms with Crippen LogP contribution in [0.4, 0.5) is 5.82 Å². The van der Waals surface area contributed by atoms with E-state index in [1.807, 2.05) is 43.3 Å². The van der Waals surface area contributed by atoms with Crippen LogP contribution in [0.2, 0.25) is 0 Å². The number of allylic oxidation sites excluding steroid dienone is 1. The molecule has 0 unspecified atom stereocenters. The second-order valence-corrected chi connectivity index (χ2v) is 8.62. The van der Waals surface area contributed by atoms with Gasteiger partial charge in [-0.2, -0.15) is 5.26 Å². The van der Waals surface area contributed by atoms with Crippen LogP contribution in [0.1, 0.15) is 29.2 Å². The molecule has 0 amide bonds. The van der Waals surface area contributed by atoms with Crippen molar-refractivity contribution in [2.24, 2.45) is 0 Å². The van der Waals surface area contributed by atoms with Gasteiger partial charge in [-0.25, -0.2) is 9.97 Å². The number of ether oxygens (including phenoxy) is 2. The molecule has 2 aromatic carbocycles. The largest absolute Gasteiger partial charge is 0.493 e. The first-order valence-corrected chi connectivity index (χ1v) is 11.3. The first-order valence-electron chi connectivity index (χ1n) is 10.5. The predicted molar refractivity (Wildman–Crippen MR) is 134 cm³/mol. The van der Waals surface area contributed by atoms with E-state index in [9.17, 15) is 0 Å². The van der Waals surface area contributed by atoms with Crippen molar-refractivity contribution in [2.75, 3.05) is 19.5 Å². The Bertz CT molecular complexity index is 1370. The van der Waals surface area contributed by atoms with Gasteiger partial charge < -0.3 is 14.8 Å². The molecule has 166 valence electrons. The molecule has 0 aliphatic heterocycles. The maximum absolute atomic E-state index is 8.77. The van der Waals surface area contributed by atoms with E-state index in [0.717, 1.165) is 27.8 Å². The lowest BCUT2D eigenvalue weighted by Gasteiger charge is -2.16. The molecular weight excluding hydrogens is 432 g/mol. The zero-order chi connectivity index (χ0) is 23.4. The summed E-state index contributed by atoms with van der Waals surface area (Å²) in [5.41, 5.74) is 2.92. The first-order chi connectivity index (χ1) is 16.0. The van der Waals surface area contributed by atoms with Crippen molar-refractivity contribution in [1.82, 2.24) is 9.97 Å². The Morgan fingerprint density at radius 1 is 1.06 bits per heavy atom. The molecule has 33 heavy (non-hydrogen) atoms. The molecule has 4 rings (SSSR count). The third kappa shape index (κ3) is 4.81. The average Bonchev–Trinajstić information content (AvgIpc) is 3.32. The van der Waals surface area contributed by atoms with Crippen molar-refractivity contribution in [3.05, 3.63) is 70.9 Å².